The molecule has 110 heavy (non-hydrogen) atoms. The minimum Gasteiger partial charge on any atom is -2.00 e. The molecule has 586 valence electrons. The zero-order valence-electron chi connectivity index (χ0n) is 70.7. The molecule has 0 saturated heterocycles. The van der Waals surface area contributed by atoms with E-state index in [0.717, 1.165) is 33.4 Å². The van der Waals surface area contributed by atoms with Crippen molar-refractivity contribution in [2.24, 2.45) is 0 Å². The summed E-state index contributed by atoms with van der Waals surface area (Å²) in [5, 5.41) is 150. The van der Waals surface area contributed by atoms with Gasteiger partial charge in [0, 0.05) is 78.7 Å². The molecular weight excluding hydrogens is 1480 g/mol. The summed E-state index contributed by atoms with van der Waals surface area (Å²) >= 11 is 0. The first-order valence-electron chi connectivity index (χ1n) is 33.6. The summed E-state index contributed by atoms with van der Waals surface area (Å²) in [5.74, 6) is -1.39. The Hall–Kier alpha value is -7.50. The van der Waals surface area contributed by atoms with E-state index in [1.807, 2.05) is 91.0 Å². The SMILES string of the molecule is CC#N.CC#N.CC#N.CC#N.CC#N.CC#N.CC#[NH+].CC#[NH+].CC#[NH+].CC(C)(C)c1cc2c([O-])c(c1)Cc1cc(C(C)(C)C)cc(c1[O-])Cc1cc(C(C)(C)C)cc(c1[O-])COCc1cc(C(C)(C)C)cc(c1[O-])Cc1cc(C(C)(C)C)cc(c1[O-])Cc1cc(C(C)(C)C)cc(c1[O-])COC2.[Na+].[Na+].[O-2].[O-2].[O-2].[V].[V]. The van der Waals surface area contributed by atoms with Gasteiger partial charge in [-0.05, 0) is 114 Å². The Kier molecular flexibility index (Phi) is 66.5. The molecule has 2 radical (unpaired) electrons. The first-order chi connectivity index (χ1) is 47.6. The van der Waals surface area contributed by atoms with Crippen LogP contribution in [0.3, 0.4) is 0 Å². The van der Waals surface area contributed by atoms with E-state index in [4.69, 9.17) is 56.8 Å². The van der Waals surface area contributed by atoms with Gasteiger partial charge in [-0.15, -0.1) is 27.3 Å². The van der Waals surface area contributed by atoms with Crippen molar-refractivity contribution >= 4 is 0 Å². The van der Waals surface area contributed by atoms with Gasteiger partial charge in [0.05, 0.1) is 83.6 Å². The molecule has 1 heterocycles. The number of nitrogens with one attached hydrogen (secondary N) is 3. The molecule has 0 unspecified atom stereocenters. The number of benzene rings is 6. The molecule has 20 nitrogen and oxygen atoms in total. The van der Waals surface area contributed by atoms with Crippen molar-refractivity contribution in [1.82, 2.24) is 0 Å². The van der Waals surface area contributed by atoms with Crippen molar-refractivity contribution in [1.29, 1.82) is 31.6 Å². The number of hydrogen-bond donors (Lipinski definition) is 3. The van der Waals surface area contributed by atoms with E-state index in [1.54, 1.807) is 57.2 Å². The fraction of sp³-hybridized carbons (Fsp3) is 0.477. The summed E-state index contributed by atoms with van der Waals surface area (Å²) < 4.78 is 12.8. The summed E-state index contributed by atoms with van der Waals surface area (Å²) in [6, 6.07) is 39.2. The second kappa shape index (κ2) is 59.3. The van der Waals surface area contributed by atoms with Crippen LogP contribution in [0.25, 0.3) is 0 Å². The second-order valence-corrected chi connectivity index (χ2v) is 30.0. The summed E-state index contributed by atoms with van der Waals surface area (Å²) in [4.78, 5) is 0. The van der Waals surface area contributed by atoms with Crippen molar-refractivity contribution < 1.29 is 169 Å². The molecule has 1 aliphatic heterocycles. The Balaban J connectivity index is -0.000000322. The summed E-state index contributed by atoms with van der Waals surface area (Å²) in [7, 11) is 0. The van der Waals surface area contributed by atoms with Crippen LogP contribution in [0, 0.1) is 86.2 Å². The summed E-state index contributed by atoms with van der Waals surface area (Å²) in [5.41, 5.74) is 8.60. The molecular formula is C86H112N9Na2O11V2-7. The van der Waals surface area contributed by atoms with E-state index in [-0.39, 0.29) is 232 Å². The Morgan fingerprint density at radius 1 is 0.255 bits per heavy atom. The maximum atomic E-state index is 14.9. The Morgan fingerprint density at radius 2 is 0.336 bits per heavy atom. The van der Waals surface area contributed by atoms with Crippen LogP contribution in [0.4, 0.5) is 0 Å². The summed E-state index contributed by atoms with van der Waals surface area (Å²) in [6.07, 6.45) is 0.271. The van der Waals surface area contributed by atoms with E-state index in [2.05, 4.69) is 125 Å². The monoisotopic (exact) mass is 1590 g/mol. The Bertz CT molecular complexity index is 3580. The van der Waals surface area contributed by atoms with Gasteiger partial charge in [0.1, 0.15) is 0 Å². The largest absolute Gasteiger partial charge is 2.00 e. The smallest absolute Gasteiger partial charge is 1.00 e. The standard InChI is InChI=1S/C68H88O8.9C2H3N.2Na.3O.2V/c1-63(2,3)51-23-39-19-43-27-53(65(7,8)9)31-47(59(43)71)35-75-37-49-33-55(67(13,14)15)29-45(61(49)73)21-41-25-52(64(4,5)6)26-42(58(41)70)22-46-30-56(68(16,17)18)34-50(62(46)74)38-76-36-48-32-54(66(10,11)12)28-44(60(48)72)20-40(24-51)57(39)69;9*1-2-3;;;;;;;/h23-34,69-74H,19-22,35-38H2,1-18H3;9*1H3;;;;;;;/q;;;;;;;;;;2*+1;3*-2;;/p-3. The molecule has 0 amide bonds. The Morgan fingerprint density at radius 3 is 0.427 bits per heavy atom. The van der Waals surface area contributed by atoms with E-state index in [0.29, 0.717) is 66.8 Å². The van der Waals surface area contributed by atoms with Gasteiger partial charge >= 0.3 is 59.1 Å². The number of fused-ring (bicyclic) bond motifs is 12. The molecule has 0 fully saturated rings. The molecule has 6 aromatic rings. The molecule has 7 rings (SSSR count). The van der Waals surface area contributed by atoms with Gasteiger partial charge in [-0.1, -0.05) is 265 Å². The maximum absolute atomic E-state index is 14.9. The molecule has 3 N–H and O–H groups in total. The number of rotatable bonds is 0. The first-order valence-corrected chi connectivity index (χ1v) is 33.6. The number of nitriles is 6. The average Bonchev–Trinajstić information content (AvgIpc) is 0.775. The molecule has 0 spiro atoms. The van der Waals surface area contributed by atoms with E-state index in [9.17, 15) is 30.6 Å². The van der Waals surface area contributed by atoms with E-state index in [1.165, 1.54) is 41.5 Å². The molecule has 12 bridgehead atoms. The third-order valence-electron chi connectivity index (χ3n) is 15.2. The van der Waals surface area contributed by atoms with Crippen molar-refractivity contribution in [3.8, 4) is 89.1 Å². The number of nitrogens with zero attached hydrogens (tertiary/aromatic N) is 6. The molecule has 6 aromatic carbocycles. The van der Waals surface area contributed by atoms with Crippen LogP contribution in [0.1, 0.15) is 287 Å². The third kappa shape index (κ3) is 42.8. The van der Waals surface area contributed by atoms with Crippen molar-refractivity contribution in [2.75, 3.05) is 0 Å². The van der Waals surface area contributed by atoms with Crippen LogP contribution < -0.4 is 106 Å². The predicted octanol–water partition coefficient (Wildman–Crippen LogP) is 5.19. The maximum Gasteiger partial charge on any atom is 1.00 e. The van der Waals surface area contributed by atoms with Crippen LogP contribution in [-0.4, -0.2) is 0 Å². The van der Waals surface area contributed by atoms with Crippen molar-refractivity contribution in [3.63, 3.8) is 0 Å². The predicted molar refractivity (Wildman–Crippen MR) is 397 cm³/mol. The first kappa shape index (κ1) is 123. The minimum atomic E-state index is -0.375. The fourth-order valence-corrected chi connectivity index (χ4v) is 9.97. The molecule has 0 aliphatic carbocycles. The van der Waals surface area contributed by atoms with Gasteiger partial charge in [0.2, 0.25) is 0 Å². The van der Waals surface area contributed by atoms with Gasteiger partial charge in [0.25, 0.3) is 18.2 Å². The van der Waals surface area contributed by atoms with Crippen LogP contribution in [0.5, 0.6) is 34.5 Å². The fourth-order valence-electron chi connectivity index (χ4n) is 9.97. The molecule has 0 atom stereocenters. The van der Waals surface area contributed by atoms with E-state index < -0.39 is 0 Å². The van der Waals surface area contributed by atoms with Gasteiger partial charge in [-0.25, -0.2) is 0 Å². The van der Waals surface area contributed by atoms with Gasteiger partial charge < -0.3 is 56.5 Å². The zero-order valence-corrected chi connectivity index (χ0v) is 77.4. The minimum absolute atomic E-state index is 0. The molecule has 0 saturated carbocycles. The Labute approximate surface area is 727 Å². The molecule has 0 aromatic heterocycles. The van der Waals surface area contributed by atoms with Gasteiger partial charge in [0.15, 0.2) is 0 Å². The normalized spacial score (nSPS) is 10.9. The average molecular weight is 1600 g/mol. The van der Waals surface area contributed by atoms with Gasteiger partial charge in [-0.2, -0.15) is 31.6 Å². The van der Waals surface area contributed by atoms with Crippen LogP contribution in [0.2, 0.25) is 0 Å². The second-order valence-electron chi connectivity index (χ2n) is 30.0. The van der Waals surface area contributed by atoms with Crippen molar-refractivity contribution in [2.45, 2.75) is 272 Å². The van der Waals surface area contributed by atoms with E-state index >= 15 is 0 Å². The number of hydrogen-bond acceptors (Lipinski definition) is 14. The molecule has 1 aliphatic rings. The van der Waals surface area contributed by atoms with Crippen LogP contribution >= 0.6 is 0 Å². The molecule has 24 heteroatoms. The summed E-state index contributed by atoms with van der Waals surface area (Å²) in [6.45, 7) is 50.3. The number of ether oxygens (including phenoxy) is 2. The quantitative estimate of drug-likeness (QED) is 0.165. The van der Waals surface area contributed by atoms with Gasteiger partial charge in [-0.3, -0.25) is 0 Å². The van der Waals surface area contributed by atoms with Crippen LogP contribution in [-0.2, 0) is 148 Å². The van der Waals surface area contributed by atoms with Crippen LogP contribution in [0.15, 0.2) is 72.8 Å². The topological polar surface area (TPSA) is 456 Å². The van der Waals surface area contributed by atoms with Crippen molar-refractivity contribution in [3.05, 3.63) is 173 Å². The zero-order chi connectivity index (χ0) is 80.8. The third-order valence-corrected chi connectivity index (χ3v) is 15.2.